The Balaban J connectivity index is 1.14. The lowest BCUT2D eigenvalue weighted by Gasteiger charge is -2.12. The van der Waals surface area contributed by atoms with Crippen LogP contribution in [-0.4, -0.2) is 28.5 Å². The van der Waals surface area contributed by atoms with Gasteiger partial charge >= 0.3 is 0 Å². The summed E-state index contributed by atoms with van der Waals surface area (Å²) in [6.45, 7) is 0. The van der Waals surface area contributed by atoms with E-state index in [0.717, 1.165) is 31.8 Å². The molecule has 6 rings (SSSR count). The minimum atomic E-state index is -0.479. The highest BCUT2D eigenvalue weighted by Crippen LogP contribution is 2.27. The van der Waals surface area contributed by atoms with Crippen molar-refractivity contribution in [3.05, 3.63) is 150 Å². The van der Waals surface area contributed by atoms with Crippen LogP contribution in [0.3, 0.4) is 0 Å². The molecule has 0 bridgehead atoms. The molecule has 5 aromatic carbocycles. The second kappa shape index (κ2) is 14.5. The molecule has 6 aromatic rings. The number of amides is 3. The minimum absolute atomic E-state index is 0.0922. The Labute approximate surface area is 274 Å². The molecule has 0 fully saturated rings. The molecule has 1 heterocycles. The van der Waals surface area contributed by atoms with Gasteiger partial charge in [-0.3, -0.25) is 14.4 Å². The van der Waals surface area contributed by atoms with Gasteiger partial charge in [-0.05, 0) is 65.2 Å². The van der Waals surface area contributed by atoms with Gasteiger partial charge in [-0.2, -0.15) is 0 Å². The van der Waals surface area contributed by atoms with Crippen LogP contribution in [0.15, 0.2) is 144 Å². The van der Waals surface area contributed by atoms with Gasteiger partial charge in [0.15, 0.2) is 5.13 Å². The maximum atomic E-state index is 13.6. The predicted molar refractivity (Wildman–Crippen MR) is 188 cm³/mol. The largest absolute Gasteiger partial charge is 0.321 e. The molecule has 9 heteroatoms. The first-order valence-corrected chi connectivity index (χ1v) is 16.2. The average molecular weight is 641 g/mol. The Bertz CT molecular complexity index is 1990. The summed E-state index contributed by atoms with van der Waals surface area (Å²) in [5, 5.41) is 9.09. The second-order valence-electron chi connectivity index (χ2n) is 10.2. The van der Waals surface area contributed by atoms with E-state index in [1.165, 1.54) is 23.1 Å². The van der Waals surface area contributed by atoms with Crippen LogP contribution in [-0.2, 0) is 9.59 Å². The molecule has 226 valence electrons. The third-order valence-electron chi connectivity index (χ3n) is 6.86. The van der Waals surface area contributed by atoms with Gasteiger partial charge in [0.25, 0.3) is 11.8 Å². The van der Waals surface area contributed by atoms with E-state index < -0.39 is 11.8 Å². The number of hydrogen-bond acceptors (Lipinski definition) is 6. The zero-order valence-electron chi connectivity index (χ0n) is 24.5. The van der Waals surface area contributed by atoms with Gasteiger partial charge in [0.05, 0.1) is 16.0 Å². The Morgan fingerprint density at radius 2 is 1.41 bits per heavy atom. The van der Waals surface area contributed by atoms with Gasteiger partial charge < -0.3 is 16.0 Å². The quantitative estimate of drug-likeness (QED) is 0.104. The molecule has 0 aliphatic carbocycles. The van der Waals surface area contributed by atoms with Crippen LogP contribution in [0, 0.1) is 0 Å². The molecule has 0 radical (unpaired) electrons. The summed E-state index contributed by atoms with van der Waals surface area (Å²) in [7, 11) is 0. The smallest absolute Gasteiger partial charge is 0.272 e. The monoisotopic (exact) mass is 640 g/mol. The van der Waals surface area contributed by atoms with Gasteiger partial charge in [0, 0.05) is 16.1 Å². The lowest BCUT2D eigenvalue weighted by molar-refractivity contribution is -0.114. The Hall–Kier alpha value is -5.51. The predicted octanol–water partition coefficient (Wildman–Crippen LogP) is 8.10. The molecule has 0 saturated carbocycles. The van der Waals surface area contributed by atoms with E-state index in [2.05, 4.69) is 20.9 Å². The molecule has 0 spiro atoms. The fraction of sp³-hybridized carbons (Fsp3) is 0.0270. The fourth-order valence-corrected chi connectivity index (χ4v) is 6.24. The summed E-state index contributed by atoms with van der Waals surface area (Å²) in [6.07, 6.45) is 1.65. The van der Waals surface area contributed by atoms with E-state index in [0.29, 0.717) is 16.4 Å². The van der Waals surface area contributed by atoms with E-state index in [1.807, 2.05) is 91.0 Å². The van der Waals surface area contributed by atoms with Gasteiger partial charge in [-0.25, -0.2) is 4.98 Å². The fourth-order valence-electron chi connectivity index (χ4n) is 4.60. The molecule has 3 N–H and O–H groups in total. The number of nitrogens with zero attached hydrogens (tertiary/aromatic N) is 1. The van der Waals surface area contributed by atoms with Crippen LogP contribution in [0.2, 0.25) is 0 Å². The normalized spacial score (nSPS) is 11.2. The first kappa shape index (κ1) is 30.5. The van der Waals surface area contributed by atoms with Crippen molar-refractivity contribution in [3.8, 4) is 11.1 Å². The third-order valence-corrected chi connectivity index (χ3v) is 8.81. The summed E-state index contributed by atoms with van der Waals surface area (Å²) in [5.74, 6) is -0.881. The minimum Gasteiger partial charge on any atom is -0.321 e. The average Bonchev–Trinajstić information content (AvgIpc) is 3.50. The molecule has 7 nitrogen and oxygen atoms in total. The van der Waals surface area contributed by atoms with Crippen molar-refractivity contribution in [2.45, 2.75) is 4.90 Å². The molecule has 3 amide bonds. The zero-order chi connectivity index (χ0) is 31.7. The first-order chi connectivity index (χ1) is 22.5. The number of fused-ring (bicyclic) bond motifs is 1. The Kier molecular flexibility index (Phi) is 9.63. The summed E-state index contributed by atoms with van der Waals surface area (Å²) in [6, 6.07) is 41.4. The van der Waals surface area contributed by atoms with Gasteiger partial charge in [0.1, 0.15) is 5.70 Å². The maximum absolute atomic E-state index is 13.6. The molecule has 0 aliphatic rings. The summed E-state index contributed by atoms with van der Waals surface area (Å²) in [5.41, 5.74) is 4.78. The molecule has 46 heavy (non-hydrogen) atoms. The number of rotatable bonds is 10. The van der Waals surface area contributed by atoms with E-state index in [4.69, 9.17) is 0 Å². The summed E-state index contributed by atoms with van der Waals surface area (Å²) < 4.78 is 1.01. The number of nitrogens with one attached hydrogen (secondary N) is 3. The molecule has 0 unspecified atom stereocenters. The van der Waals surface area contributed by atoms with Crippen LogP contribution in [0.1, 0.15) is 15.9 Å². The lowest BCUT2D eigenvalue weighted by atomic mass is 10.0. The number of para-hydroxylation sites is 1. The van der Waals surface area contributed by atoms with Crippen LogP contribution in [0.5, 0.6) is 0 Å². The molecule has 1 aromatic heterocycles. The first-order valence-electron chi connectivity index (χ1n) is 14.4. The number of thiazole rings is 1. The molecule has 0 atom stereocenters. The van der Waals surface area contributed by atoms with Gasteiger partial charge in [-0.1, -0.05) is 102 Å². The highest BCUT2D eigenvalue weighted by molar-refractivity contribution is 8.00. The van der Waals surface area contributed by atoms with E-state index in [-0.39, 0.29) is 17.4 Å². The van der Waals surface area contributed by atoms with E-state index in [1.54, 1.807) is 48.5 Å². The molecular formula is C37H28N4O3S2. The zero-order valence-corrected chi connectivity index (χ0v) is 26.1. The number of aromatic nitrogens is 1. The number of anilines is 2. The number of hydrogen-bond donors (Lipinski definition) is 3. The standard InChI is InChI=1S/C37H28N4O3S2/c42-34(41-37-40-31-16-7-8-17-33(31)46-37)24-45-30-15-9-14-29(23-30)38-36(44)32(39-35(43)28-12-5-2-6-13-28)22-25-18-20-27(21-19-25)26-10-3-1-4-11-26/h1-23H,24H2,(H,38,44)(H,39,43)(H,40,41,42)/b32-22+. The van der Waals surface area contributed by atoms with Crippen LogP contribution < -0.4 is 16.0 Å². The van der Waals surface area contributed by atoms with E-state index >= 15 is 0 Å². The summed E-state index contributed by atoms with van der Waals surface area (Å²) in [4.78, 5) is 44.5. The van der Waals surface area contributed by atoms with Crippen molar-refractivity contribution in [3.63, 3.8) is 0 Å². The molecular weight excluding hydrogens is 613 g/mol. The van der Waals surface area contributed by atoms with Crippen molar-refractivity contribution in [2.24, 2.45) is 0 Å². The van der Waals surface area contributed by atoms with E-state index in [9.17, 15) is 14.4 Å². The third kappa shape index (κ3) is 7.95. The Morgan fingerprint density at radius 3 is 2.17 bits per heavy atom. The van der Waals surface area contributed by atoms with Crippen LogP contribution >= 0.6 is 23.1 Å². The second-order valence-corrected chi connectivity index (χ2v) is 12.3. The van der Waals surface area contributed by atoms with Crippen molar-refractivity contribution in [1.82, 2.24) is 10.3 Å². The van der Waals surface area contributed by atoms with Crippen LogP contribution in [0.4, 0.5) is 10.8 Å². The van der Waals surface area contributed by atoms with Crippen molar-refractivity contribution in [2.75, 3.05) is 16.4 Å². The summed E-state index contributed by atoms with van der Waals surface area (Å²) >= 11 is 2.77. The van der Waals surface area contributed by atoms with Crippen molar-refractivity contribution in [1.29, 1.82) is 0 Å². The number of thioether (sulfide) groups is 1. The van der Waals surface area contributed by atoms with Crippen molar-refractivity contribution < 1.29 is 14.4 Å². The topological polar surface area (TPSA) is 100 Å². The SMILES string of the molecule is O=C(CSc1cccc(NC(=O)/C(=C\c2ccc(-c3ccccc3)cc2)NC(=O)c2ccccc2)c1)Nc1nc2ccccc2s1. The highest BCUT2D eigenvalue weighted by Gasteiger charge is 2.16. The molecule has 0 saturated heterocycles. The maximum Gasteiger partial charge on any atom is 0.272 e. The lowest BCUT2D eigenvalue weighted by Crippen LogP contribution is -2.30. The Morgan fingerprint density at radius 1 is 0.717 bits per heavy atom. The van der Waals surface area contributed by atoms with Gasteiger partial charge in [-0.15, -0.1) is 11.8 Å². The number of benzene rings is 5. The highest BCUT2D eigenvalue weighted by atomic mass is 32.2. The number of carbonyl (C=O) groups is 3. The number of carbonyl (C=O) groups excluding carboxylic acids is 3. The van der Waals surface area contributed by atoms with Crippen molar-refractivity contribution >= 4 is 67.9 Å². The molecule has 0 aliphatic heterocycles. The van der Waals surface area contributed by atoms with Gasteiger partial charge in [0.2, 0.25) is 5.91 Å². The van der Waals surface area contributed by atoms with Crippen LogP contribution in [0.25, 0.3) is 27.4 Å².